The summed E-state index contributed by atoms with van der Waals surface area (Å²) < 4.78 is 3.88. The van der Waals surface area contributed by atoms with Gasteiger partial charge in [-0.25, -0.2) is 0 Å². The third-order valence-corrected chi connectivity index (χ3v) is 4.37. The Balaban J connectivity index is 1.97. The average Bonchev–Trinajstić information content (AvgIpc) is 2.40. The predicted octanol–water partition coefficient (Wildman–Crippen LogP) is 2.56. The van der Waals surface area contributed by atoms with Gasteiger partial charge in [-0.2, -0.15) is 0 Å². The second-order valence-corrected chi connectivity index (χ2v) is 6.12. The number of nitrogens with zero attached hydrogens (tertiary/aromatic N) is 2. The molecule has 1 saturated carbocycles. The Kier molecular flexibility index (Phi) is 3.61. The first-order valence-corrected chi connectivity index (χ1v) is 7.52. The van der Waals surface area contributed by atoms with Crippen LogP contribution in [0.5, 0.6) is 0 Å². The molecule has 1 aromatic carbocycles. The summed E-state index contributed by atoms with van der Waals surface area (Å²) in [5, 5.41) is 0. The monoisotopic (exact) mass is 334 g/mol. The van der Waals surface area contributed by atoms with Crippen molar-refractivity contribution < 1.29 is 0 Å². The summed E-state index contributed by atoms with van der Waals surface area (Å²) in [6, 6.07) is 7.31. The Morgan fingerprint density at radius 2 is 1.75 bits per heavy atom. The van der Waals surface area contributed by atoms with Gasteiger partial charge in [0.1, 0.15) is 0 Å². The highest BCUT2D eigenvalue weighted by Crippen LogP contribution is 2.27. The van der Waals surface area contributed by atoms with E-state index in [0.29, 0.717) is 18.2 Å². The van der Waals surface area contributed by atoms with Crippen LogP contribution in [0.15, 0.2) is 50.7 Å². The molecule has 1 aromatic heterocycles. The maximum absolute atomic E-state index is 12.2. The van der Waals surface area contributed by atoms with E-state index in [0.717, 1.165) is 17.3 Å². The first kappa shape index (κ1) is 13.4. The van der Waals surface area contributed by atoms with Crippen LogP contribution in [0, 0.1) is 5.92 Å². The first-order chi connectivity index (χ1) is 9.65. The number of hydrogen-bond donors (Lipinski definition) is 0. The molecule has 0 N–H and O–H groups in total. The van der Waals surface area contributed by atoms with Crippen LogP contribution >= 0.6 is 15.9 Å². The van der Waals surface area contributed by atoms with E-state index in [1.807, 2.05) is 12.1 Å². The van der Waals surface area contributed by atoms with Crippen molar-refractivity contribution in [1.82, 2.24) is 9.13 Å². The van der Waals surface area contributed by atoms with Gasteiger partial charge in [-0.3, -0.25) is 14.2 Å². The molecule has 0 saturated heterocycles. The fraction of sp³-hybridized carbons (Fsp3) is 0.333. The zero-order valence-electron chi connectivity index (χ0n) is 11.0. The van der Waals surface area contributed by atoms with E-state index < -0.39 is 11.1 Å². The van der Waals surface area contributed by atoms with E-state index >= 15 is 0 Å². The molecule has 0 atom stereocenters. The van der Waals surface area contributed by atoms with Crippen molar-refractivity contribution in [3.05, 3.63) is 61.8 Å². The fourth-order valence-electron chi connectivity index (χ4n) is 2.41. The van der Waals surface area contributed by atoms with Gasteiger partial charge in [0.25, 0.3) is 0 Å². The van der Waals surface area contributed by atoms with E-state index in [9.17, 15) is 9.59 Å². The number of rotatable bonds is 3. The minimum atomic E-state index is -0.492. The van der Waals surface area contributed by atoms with Gasteiger partial charge in [-0.1, -0.05) is 22.4 Å². The SMILES string of the molecule is O=c1c(=O)n(-c2ccc(Br)cc2)ccn1CC1CCC1. The standard InChI is InChI=1S/C15H15BrN2O2/c16-12-4-6-13(7-5-12)18-9-8-17(14(19)15(18)20)10-11-2-1-3-11/h4-9,11H,1-3,10H2. The summed E-state index contributed by atoms with van der Waals surface area (Å²) in [6.07, 6.45) is 6.93. The first-order valence-electron chi connectivity index (χ1n) is 6.73. The number of benzene rings is 1. The quantitative estimate of drug-likeness (QED) is 0.809. The van der Waals surface area contributed by atoms with Gasteiger partial charge in [-0.15, -0.1) is 0 Å². The summed E-state index contributed by atoms with van der Waals surface area (Å²) in [4.78, 5) is 24.3. The largest absolute Gasteiger partial charge is 0.320 e. The molecular weight excluding hydrogens is 320 g/mol. The lowest BCUT2D eigenvalue weighted by Crippen LogP contribution is -2.41. The molecule has 104 valence electrons. The van der Waals surface area contributed by atoms with Crippen LogP contribution in [0.3, 0.4) is 0 Å². The summed E-state index contributed by atoms with van der Waals surface area (Å²) in [5.74, 6) is 0.552. The van der Waals surface area contributed by atoms with Gasteiger partial charge in [0, 0.05) is 29.1 Å². The van der Waals surface area contributed by atoms with Crippen molar-refractivity contribution in [2.45, 2.75) is 25.8 Å². The lowest BCUT2D eigenvalue weighted by molar-refractivity contribution is 0.272. The Morgan fingerprint density at radius 1 is 1.05 bits per heavy atom. The van der Waals surface area contributed by atoms with Gasteiger partial charge in [0.05, 0.1) is 0 Å². The molecule has 0 unspecified atom stereocenters. The summed E-state index contributed by atoms with van der Waals surface area (Å²) in [7, 11) is 0. The molecule has 2 aromatic rings. The normalized spacial score (nSPS) is 15.1. The number of hydrogen-bond acceptors (Lipinski definition) is 2. The highest BCUT2D eigenvalue weighted by molar-refractivity contribution is 9.10. The fourth-order valence-corrected chi connectivity index (χ4v) is 2.68. The highest BCUT2D eigenvalue weighted by Gasteiger charge is 2.19. The van der Waals surface area contributed by atoms with Crippen LogP contribution in [0.4, 0.5) is 0 Å². The zero-order valence-corrected chi connectivity index (χ0v) is 12.5. The van der Waals surface area contributed by atoms with E-state index in [2.05, 4.69) is 15.9 Å². The second kappa shape index (κ2) is 5.40. The molecule has 1 aliphatic carbocycles. The summed E-state index contributed by atoms with van der Waals surface area (Å²) in [6.45, 7) is 0.662. The van der Waals surface area contributed by atoms with Crippen molar-refractivity contribution >= 4 is 15.9 Å². The smallest absolute Gasteiger partial charge is 0.309 e. The molecule has 0 amide bonds. The zero-order chi connectivity index (χ0) is 14.1. The molecule has 3 rings (SSSR count). The number of halogens is 1. The molecule has 0 aliphatic heterocycles. The van der Waals surface area contributed by atoms with E-state index in [4.69, 9.17) is 0 Å². The third kappa shape index (κ3) is 2.50. The molecule has 5 heteroatoms. The Labute approximate surface area is 124 Å². The van der Waals surface area contributed by atoms with Crippen molar-refractivity contribution in [2.24, 2.45) is 5.92 Å². The van der Waals surface area contributed by atoms with Gasteiger partial charge in [0.2, 0.25) is 0 Å². The van der Waals surface area contributed by atoms with Crippen molar-refractivity contribution in [2.75, 3.05) is 0 Å². The Hall–Kier alpha value is -1.62. The maximum atomic E-state index is 12.2. The van der Waals surface area contributed by atoms with Gasteiger partial charge in [-0.05, 0) is 43.0 Å². The van der Waals surface area contributed by atoms with Crippen LogP contribution in [0.2, 0.25) is 0 Å². The highest BCUT2D eigenvalue weighted by atomic mass is 79.9. The molecule has 20 heavy (non-hydrogen) atoms. The van der Waals surface area contributed by atoms with Crippen molar-refractivity contribution in [3.8, 4) is 5.69 Å². The second-order valence-electron chi connectivity index (χ2n) is 5.20. The Morgan fingerprint density at radius 3 is 2.35 bits per heavy atom. The van der Waals surface area contributed by atoms with Gasteiger partial charge in [0.15, 0.2) is 0 Å². The minimum absolute atomic E-state index is 0.442. The summed E-state index contributed by atoms with van der Waals surface area (Å²) in [5.41, 5.74) is -0.234. The van der Waals surface area contributed by atoms with E-state index in [1.54, 1.807) is 29.1 Å². The van der Waals surface area contributed by atoms with Crippen LogP contribution in [0.25, 0.3) is 5.69 Å². The summed E-state index contributed by atoms with van der Waals surface area (Å²) >= 11 is 3.35. The lowest BCUT2D eigenvalue weighted by Gasteiger charge is -2.25. The van der Waals surface area contributed by atoms with Crippen molar-refractivity contribution in [3.63, 3.8) is 0 Å². The Bertz CT molecular complexity index is 727. The van der Waals surface area contributed by atoms with Crippen LogP contribution in [-0.4, -0.2) is 9.13 Å². The molecule has 1 fully saturated rings. The van der Waals surface area contributed by atoms with Crippen LogP contribution in [0.1, 0.15) is 19.3 Å². The minimum Gasteiger partial charge on any atom is -0.309 e. The third-order valence-electron chi connectivity index (χ3n) is 3.84. The molecule has 4 nitrogen and oxygen atoms in total. The maximum Gasteiger partial charge on any atom is 0.320 e. The molecular formula is C15H15BrN2O2. The molecule has 1 heterocycles. The lowest BCUT2D eigenvalue weighted by atomic mass is 9.85. The van der Waals surface area contributed by atoms with Gasteiger partial charge >= 0.3 is 11.1 Å². The van der Waals surface area contributed by atoms with Crippen molar-refractivity contribution in [1.29, 1.82) is 0 Å². The topological polar surface area (TPSA) is 44.0 Å². The molecule has 0 spiro atoms. The van der Waals surface area contributed by atoms with Gasteiger partial charge < -0.3 is 4.57 Å². The van der Waals surface area contributed by atoms with Crippen LogP contribution in [-0.2, 0) is 6.54 Å². The van der Waals surface area contributed by atoms with E-state index in [1.165, 1.54) is 11.0 Å². The van der Waals surface area contributed by atoms with E-state index in [-0.39, 0.29) is 0 Å². The molecule has 0 bridgehead atoms. The average molecular weight is 335 g/mol. The molecule has 0 radical (unpaired) electrons. The number of aromatic nitrogens is 2. The van der Waals surface area contributed by atoms with Crippen LogP contribution < -0.4 is 11.1 Å². The molecule has 1 aliphatic rings. The predicted molar refractivity (Wildman–Crippen MR) is 81.3 cm³/mol.